The molecule has 2 heterocycles. The first kappa shape index (κ1) is 17.7. The number of carbonyl (C=O) groups is 2. The minimum absolute atomic E-state index is 0.0342. The van der Waals surface area contributed by atoms with Gasteiger partial charge in [-0.25, -0.2) is 4.39 Å². The standard InChI is InChI=1S/C21H21FN2O3/c1-2-27-13-18(25)24-12-11-21(19(24)14-7-9-15(22)10-8-14)16-5-3-4-6-17(16)23-20(21)26/h3-10,19H,2,11-13H2,1H3,(H,23,26)/t19-,21+/m0/s1. The van der Waals surface area contributed by atoms with Gasteiger partial charge < -0.3 is 15.0 Å². The highest BCUT2D eigenvalue weighted by atomic mass is 19.1. The van der Waals surface area contributed by atoms with E-state index < -0.39 is 11.5 Å². The fraction of sp³-hybridized carbons (Fsp3) is 0.333. The highest BCUT2D eigenvalue weighted by Gasteiger charge is 2.59. The van der Waals surface area contributed by atoms with Crippen molar-refractivity contribution in [3.8, 4) is 0 Å². The number of hydrogen-bond donors (Lipinski definition) is 1. The van der Waals surface area contributed by atoms with Crippen LogP contribution in [0.1, 0.15) is 30.5 Å². The van der Waals surface area contributed by atoms with Crippen LogP contribution in [-0.2, 0) is 19.7 Å². The van der Waals surface area contributed by atoms with E-state index in [4.69, 9.17) is 4.74 Å². The predicted molar refractivity (Wildman–Crippen MR) is 98.7 cm³/mol. The molecule has 1 spiro atoms. The number of ether oxygens (including phenoxy) is 1. The molecule has 0 aliphatic carbocycles. The lowest BCUT2D eigenvalue weighted by atomic mass is 9.72. The minimum Gasteiger partial charge on any atom is -0.372 e. The first-order chi connectivity index (χ1) is 13.1. The molecule has 2 aliphatic rings. The van der Waals surface area contributed by atoms with E-state index in [-0.39, 0.29) is 24.2 Å². The fourth-order valence-electron chi connectivity index (χ4n) is 4.34. The van der Waals surface area contributed by atoms with Crippen molar-refractivity contribution in [2.75, 3.05) is 25.1 Å². The molecule has 0 saturated carbocycles. The maximum Gasteiger partial charge on any atom is 0.249 e. The molecule has 2 amide bonds. The van der Waals surface area contributed by atoms with Crippen LogP contribution in [0.2, 0.25) is 0 Å². The smallest absolute Gasteiger partial charge is 0.249 e. The summed E-state index contributed by atoms with van der Waals surface area (Å²) in [5.74, 6) is -0.640. The van der Waals surface area contributed by atoms with Crippen LogP contribution in [0.25, 0.3) is 0 Å². The second-order valence-corrected chi connectivity index (χ2v) is 6.90. The quantitative estimate of drug-likeness (QED) is 0.903. The molecule has 2 atom stereocenters. The van der Waals surface area contributed by atoms with Crippen LogP contribution in [0.3, 0.4) is 0 Å². The topological polar surface area (TPSA) is 58.6 Å². The number of anilines is 1. The SMILES string of the molecule is CCOCC(=O)N1CC[C@]2(C(=O)Nc3ccccc32)[C@@H]1c1ccc(F)cc1. The number of nitrogens with one attached hydrogen (secondary N) is 1. The van der Waals surface area contributed by atoms with Crippen molar-refractivity contribution in [3.05, 3.63) is 65.5 Å². The van der Waals surface area contributed by atoms with Gasteiger partial charge in [-0.1, -0.05) is 30.3 Å². The zero-order valence-corrected chi connectivity index (χ0v) is 15.1. The second kappa shape index (κ2) is 6.78. The Morgan fingerprint density at radius 2 is 2.00 bits per heavy atom. The first-order valence-corrected chi connectivity index (χ1v) is 9.11. The average molecular weight is 368 g/mol. The van der Waals surface area contributed by atoms with Gasteiger partial charge in [0.25, 0.3) is 0 Å². The molecule has 0 unspecified atom stereocenters. The van der Waals surface area contributed by atoms with Gasteiger partial charge in [0, 0.05) is 18.8 Å². The molecule has 5 nitrogen and oxygen atoms in total. The van der Waals surface area contributed by atoms with E-state index in [0.29, 0.717) is 19.6 Å². The molecule has 0 bridgehead atoms. The summed E-state index contributed by atoms with van der Waals surface area (Å²) >= 11 is 0. The van der Waals surface area contributed by atoms with Crippen molar-refractivity contribution in [1.29, 1.82) is 0 Å². The fourth-order valence-corrected chi connectivity index (χ4v) is 4.34. The Balaban J connectivity index is 1.83. The van der Waals surface area contributed by atoms with Crippen molar-refractivity contribution in [2.24, 2.45) is 0 Å². The Kier molecular flexibility index (Phi) is 4.44. The Hall–Kier alpha value is -2.73. The minimum atomic E-state index is -0.879. The number of halogens is 1. The number of fused-ring (bicyclic) bond motifs is 2. The molecule has 2 aliphatic heterocycles. The molecule has 6 heteroatoms. The van der Waals surface area contributed by atoms with Crippen LogP contribution in [0.15, 0.2) is 48.5 Å². The Morgan fingerprint density at radius 3 is 2.74 bits per heavy atom. The van der Waals surface area contributed by atoms with Crippen LogP contribution in [0, 0.1) is 5.82 Å². The van der Waals surface area contributed by atoms with E-state index in [1.165, 1.54) is 12.1 Å². The highest BCUT2D eigenvalue weighted by Crippen LogP contribution is 2.54. The van der Waals surface area contributed by atoms with Crippen LogP contribution >= 0.6 is 0 Å². The summed E-state index contributed by atoms with van der Waals surface area (Å²) in [6, 6.07) is 13.1. The maximum atomic E-state index is 13.5. The van der Waals surface area contributed by atoms with E-state index in [1.807, 2.05) is 31.2 Å². The van der Waals surface area contributed by atoms with E-state index in [1.54, 1.807) is 17.0 Å². The first-order valence-electron chi connectivity index (χ1n) is 9.11. The molecule has 1 saturated heterocycles. The third-order valence-electron chi connectivity index (χ3n) is 5.52. The van der Waals surface area contributed by atoms with Gasteiger partial charge in [0.2, 0.25) is 11.8 Å². The summed E-state index contributed by atoms with van der Waals surface area (Å²) in [6.07, 6.45) is 0.510. The summed E-state index contributed by atoms with van der Waals surface area (Å²) in [6.45, 7) is 2.68. The van der Waals surface area contributed by atoms with Gasteiger partial charge in [-0.2, -0.15) is 0 Å². The number of para-hydroxylation sites is 1. The van der Waals surface area contributed by atoms with Gasteiger partial charge in [0.1, 0.15) is 17.8 Å². The molecule has 140 valence electrons. The van der Waals surface area contributed by atoms with Gasteiger partial charge in [-0.3, -0.25) is 9.59 Å². The number of carbonyl (C=O) groups excluding carboxylic acids is 2. The maximum absolute atomic E-state index is 13.5. The van der Waals surface area contributed by atoms with E-state index >= 15 is 0 Å². The van der Waals surface area contributed by atoms with Gasteiger partial charge in [0.05, 0.1) is 6.04 Å². The molecule has 2 aromatic rings. The lowest BCUT2D eigenvalue weighted by Crippen LogP contribution is -2.43. The second-order valence-electron chi connectivity index (χ2n) is 6.90. The summed E-state index contributed by atoms with van der Waals surface area (Å²) < 4.78 is 18.8. The third-order valence-corrected chi connectivity index (χ3v) is 5.52. The highest BCUT2D eigenvalue weighted by molar-refractivity contribution is 6.07. The third kappa shape index (κ3) is 2.72. The molecule has 1 N–H and O–H groups in total. The Labute approximate surface area is 157 Å². The van der Waals surface area contributed by atoms with Crippen LogP contribution in [-0.4, -0.2) is 36.5 Å². The molecular weight excluding hydrogens is 347 g/mol. The summed E-state index contributed by atoms with van der Waals surface area (Å²) in [5.41, 5.74) is 1.52. The average Bonchev–Trinajstić information content (AvgIpc) is 3.21. The number of benzene rings is 2. The van der Waals surface area contributed by atoms with Crippen LogP contribution in [0.4, 0.5) is 10.1 Å². The van der Waals surface area contributed by atoms with Crippen LogP contribution in [0.5, 0.6) is 0 Å². The number of likely N-dealkylation sites (tertiary alicyclic amines) is 1. The molecule has 4 rings (SSSR count). The van der Waals surface area contributed by atoms with Gasteiger partial charge in [-0.05, 0) is 42.7 Å². The molecule has 27 heavy (non-hydrogen) atoms. The largest absolute Gasteiger partial charge is 0.372 e. The van der Waals surface area contributed by atoms with Gasteiger partial charge in [0.15, 0.2) is 0 Å². The Bertz CT molecular complexity index is 883. The van der Waals surface area contributed by atoms with Crippen molar-refractivity contribution < 1.29 is 18.7 Å². The summed E-state index contributed by atoms with van der Waals surface area (Å²) in [5, 5.41) is 2.96. The predicted octanol–water partition coefficient (Wildman–Crippen LogP) is 3.03. The molecule has 2 aromatic carbocycles. The van der Waals surface area contributed by atoms with E-state index in [9.17, 15) is 14.0 Å². The van der Waals surface area contributed by atoms with Crippen molar-refractivity contribution in [2.45, 2.75) is 24.8 Å². The van der Waals surface area contributed by atoms with Crippen molar-refractivity contribution in [3.63, 3.8) is 0 Å². The number of amides is 2. The lowest BCUT2D eigenvalue weighted by molar-refractivity contribution is -0.138. The van der Waals surface area contributed by atoms with Crippen molar-refractivity contribution >= 4 is 17.5 Å². The summed E-state index contributed by atoms with van der Waals surface area (Å²) in [7, 11) is 0. The molecular formula is C21H21FN2O3. The zero-order chi connectivity index (χ0) is 19.0. The monoisotopic (exact) mass is 368 g/mol. The number of rotatable bonds is 4. The van der Waals surface area contributed by atoms with Gasteiger partial charge in [-0.15, -0.1) is 0 Å². The van der Waals surface area contributed by atoms with Crippen LogP contribution < -0.4 is 5.32 Å². The summed E-state index contributed by atoms with van der Waals surface area (Å²) in [4.78, 5) is 27.6. The Morgan fingerprint density at radius 1 is 1.26 bits per heavy atom. The zero-order valence-electron chi connectivity index (χ0n) is 15.1. The molecule has 0 aromatic heterocycles. The molecule has 1 fully saturated rings. The molecule has 0 radical (unpaired) electrons. The lowest BCUT2D eigenvalue weighted by Gasteiger charge is -2.34. The normalized spacial score (nSPS) is 23.6. The van der Waals surface area contributed by atoms with E-state index in [0.717, 1.165) is 16.8 Å². The van der Waals surface area contributed by atoms with Crippen molar-refractivity contribution in [1.82, 2.24) is 4.90 Å². The van der Waals surface area contributed by atoms with E-state index in [2.05, 4.69) is 5.32 Å². The number of nitrogens with zero attached hydrogens (tertiary/aromatic N) is 1. The van der Waals surface area contributed by atoms with Gasteiger partial charge >= 0.3 is 0 Å². The number of hydrogen-bond acceptors (Lipinski definition) is 3.